The first-order valence-corrected chi connectivity index (χ1v) is 8.20. The van der Waals surface area contributed by atoms with E-state index in [9.17, 15) is 0 Å². The molecule has 0 saturated carbocycles. The molecule has 0 amide bonds. The quantitative estimate of drug-likeness (QED) is 0.702. The lowest BCUT2D eigenvalue weighted by Gasteiger charge is -2.28. The fraction of sp³-hybridized carbons (Fsp3) is 1.00. The van der Waals surface area contributed by atoms with E-state index in [2.05, 4.69) is 30.7 Å². The SMILES string of the molecule is CC.CC.CCC(CCN(C)CC)N1CCCC1. The van der Waals surface area contributed by atoms with Crippen LogP contribution in [0, 0.1) is 0 Å². The summed E-state index contributed by atoms with van der Waals surface area (Å²) in [5, 5.41) is 0. The number of hydrogen-bond donors (Lipinski definition) is 0. The van der Waals surface area contributed by atoms with Crippen LogP contribution in [0.4, 0.5) is 0 Å². The third-order valence-electron chi connectivity index (χ3n) is 3.51. The second-order valence-corrected chi connectivity index (χ2v) is 4.49. The third-order valence-corrected chi connectivity index (χ3v) is 3.51. The van der Waals surface area contributed by atoms with Gasteiger partial charge in [0.25, 0.3) is 0 Å². The van der Waals surface area contributed by atoms with Crippen molar-refractivity contribution in [3.8, 4) is 0 Å². The summed E-state index contributed by atoms with van der Waals surface area (Å²) in [6.07, 6.45) is 5.50. The fourth-order valence-corrected chi connectivity index (χ4v) is 2.28. The molecule has 1 unspecified atom stereocenters. The largest absolute Gasteiger partial charge is 0.307 e. The highest BCUT2D eigenvalue weighted by atomic mass is 15.2. The van der Waals surface area contributed by atoms with Crippen LogP contribution in [0.5, 0.6) is 0 Å². The van der Waals surface area contributed by atoms with Crippen molar-refractivity contribution in [2.24, 2.45) is 0 Å². The maximum Gasteiger partial charge on any atom is 0.0105 e. The number of nitrogens with zero attached hydrogens (tertiary/aromatic N) is 2. The van der Waals surface area contributed by atoms with Gasteiger partial charge in [-0.05, 0) is 58.9 Å². The van der Waals surface area contributed by atoms with E-state index in [1.54, 1.807) is 0 Å². The molecule has 1 aliphatic heterocycles. The summed E-state index contributed by atoms with van der Waals surface area (Å²) < 4.78 is 0. The normalized spacial score (nSPS) is 16.7. The molecule has 0 aromatic heterocycles. The van der Waals surface area contributed by atoms with Gasteiger partial charge in [0.2, 0.25) is 0 Å². The van der Waals surface area contributed by atoms with Crippen LogP contribution < -0.4 is 0 Å². The molecule has 1 saturated heterocycles. The van der Waals surface area contributed by atoms with E-state index in [-0.39, 0.29) is 0 Å². The van der Waals surface area contributed by atoms with Crippen LogP contribution in [0.2, 0.25) is 0 Å². The highest BCUT2D eigenvalue weighted by Crippen LogP contribution is 2.16. The molecule has 0 aliphatic carbocycles. The highest BCUT2D eigenvalue weighted by Gasteiger charge is 2.19. The Kier molecular flexibility index (Phi) is 16.8. The van der Waals surface area contributed by atoms with Gasteiger partial charge in [-0.2, -0.15) is 0 Å². The summed E-state index contributed by atoms with van der Waals surface area (Å²) in [5.74, 6) is 0. The van der Waals surface area contributed by atoms with Crippen molar-refractivity contribution in [3.05, 3.63) is 0 Å². The highest BCUT2D eigenvalue weighted by molar-refractivity contribution is 4.76. The lowest BCUT2D eigenvalue weighted by molar-refractivity contribution is 0.201. The van der Waals surface area contributed by atoms with Gasteiger partial charge in [0.05, 0.1) is 0 Å². The lowest BCUT2D eigenvalue weighted by Crippen LogP contribution is -2.35. The number of rotatable bonds is 6. The average Bonchev–Trinajstić information content (AvgIpc) is 2.98. The molecule has 0 radical (unpaired) electrons. The topological polar surface area (TPSA) is 6.48 Å². The molecular weight excluding hydrogens is 220 g/mol. The van der Waals surface area contributed by atoms with Crippen molar-refractivity contribution in [3.63, 3.8) is 0 Å². The first-order valence-electron chi connectivity index (χ1n) is 8.20. The van der Waals surface area contributed by atoms with Gasteiger partial charge in [0.1, 0.15) is 0 Å². The molecule has 1 heterocycles. The zero-order chi connectivity index (χ0) is 14.4. The standard InChI is InChI=1S/C12H26N2.2C2H6/c1-4-12(8-11-13(3)5-2)14-9-6-7-10-14;2*1-2/h12H,4-11H2,1-3H3;2*1-2H3. The van der Waals surface area contributed by atoms with Gasteiger partial charge in [-0.3, -0.25) is 0 Å². The Bertz CT molecular complexity index is 142. The van der Waals surface area contributed by atoms with E-state index in [1.807, 2.05) is 27.7 Å². The van der Waals surface area contributed by atoms with Crippen molar-refractivity contribution in [1.82, 2.24) is 9.80 Å². The predicted octanol–water partition coefficient (Wildman–Crippen LogP) is 4.26. The smallest absolute Gasteiger partial charge is 0.0105 e. The summed E-state index contributed by atoms with van der Waals surface area (Å²) in [6.45, 7) is 17.7. The zero-order valence-electron chi connectivity index (χ0n) is 14.1. The van der Waals surface area contributed by atoms with E-state index in [0.29, 0.717) is 0 Å². The summed E-state index contributed by atoms with van der Waals surface area (Å²) in [7, 11) is 2.22. The van der Waals surface area contributed by atoms with Gasteiger partial charge in [0, 0.05) is 6.04 Å². The molecule has 0 bridgehead atoms. The Labute approximate surface area is 117 Å². The molecule has 1 rings (SSSR count). The second kappa shape index (κ2) is 15.0. The van der Waals surface area contributed by atoms with Crippen LogP contribution in [0.15, 0.2) is 0 Å². The van der Waals surface area contributed by atoms with E-state index in [1.165, 1.54) is 51.9 Å². The number of hydrogen-bond acceptors (Lipinski definition) is 2. The minimum absolute atomic E-state index is 0.839. The molecular formula is C16H38N2. The molecule has 2 nitrogen and oxygen atoms in total. The van der Waals surface area contributed by atoms with Crippen molar-refractivity contribution < 1.29 is 0 Å². The Morgan fingerprint density at radius 3 is 1.89 bits per heavy atom. The molecule has 1 fully saturated rings. The first kappa shape index (κ1) is 20.2. The van der Waals surface area contributed by atoms with Crippen molar-refractivity contribution in [2.75, 3.05) is 33.2 Å². The zero-order valence-corrected chi connectivity index (χ0v) is 14.1. The van der Waals surface area contributed by atoms with Crippen LogP contribution in [0.1, 0.15) is 67.2 Å². The van der Waals surface area contributed by atoms with E-state index >= 15 is 0 Å². The van der Waals surface area contributed by atoms with Crippen LogP contribution >= 0.6 is 0 Å². The van der Waals surface area contributed by atoms with Crippen molar-refractivity contribution >= 4 is 0 Å². The molecule has 18 heavy (non-hydrogen) atoms. The molecule has 2 heteroatoms. The molecule has 1 atom stereocenters. The Morgan fingerprint density at radius 1 is 1.00 bits per heavy atom. The van der Waals surface area contributed by atoms with Gasteiger partial charge in [-0.15, -0.1) is 0 Å². The molecule has 0 aromatic rings. The van der Waals surface area contributed by atoms with E-state index in [0.717, 1.165) is 6.04 Å². The van der Waals surface area contributed by atoms with Crippen LogP contribution in [0.3, 0.4) is 0 Å². The summed E-state index contributed by atoms with van der Waals surface area (Å²) in [5.41, 5.74) is 0. The van der Waals surface area contributed by atoms with E-state index < -0.39 is 0 Å². The Hall–Kier alpha value is -0.0800. The van der Waals surface area contributed by atoms with Crippen LogP contribution in [0.25, 0.3) is 0 Å². The minimum Gasteiger partial charge on any atom is -0.307 e. The average molecular weight is 258 g/mol. The van der Waals surface area contributed by atoms with Gasteiger partial charge in [-0.25, -0.2) is 0 Å². The van der Waals surface area contributed by atoms with Gasteiger partial charge < -0.3 is 9.80 Å². The summed E-state index contributed by atoms with van der Waals surface area (Å²) in [6, 6.07) is 0.839. The van der Waals surface area contributed by atoms with Crippen LogP contribution in [-0.4, -0.2) is 49.1 Å². The monoisotopic (exact) mass is 258 g/mol. The molecule has 1 aliphatic rings. The summed E-state index contributed by atoms with van der Waals surface area (Å²) >= 11 is 0. The second-order valence-electron chi connectivity index (χ2n) is 4.49. The molecule has 0 spiro atoms. The van der Waals surface area contributed by atoms with Crippen LogP contribution in [-0.2, 0) is 0 Å². The predicted molar refractivity (Wildman–Crippen MR) is 85.4 cm³/mol. The fourth-order valence-electron chi connectivity index (χ4n) is 2.28. The van der Waals surface area contributed by atoms with Crippen molar-refractivity contribution in [2.45, 2.75) is 73.3 Å². The third kappa shape index (κ3) is 8.93. The van der Waals surface area contributed by atoms with Crippen molar-refractivity contribution in [1.29, 1.82) is 0 Å². The minimum atomic E-state index is 0.839. The van der Waals surface area contributed by atoms with Gasteiger partial charge >= 0.3 is 0 Å². The Balaban J connectivity index is 0. The lowest BCUT2D eigenvalue weighted by atomic mass is 10.1. The molecule has 0 N–H and O–H groups in total. The summed E-state index contributed by atoms with van der Waals surface area (Å²) in [4.78, 5) is 5.10. The van der Waals surface area contributed by atoms with E-state index in [4.69, 9.17) is 0 Å². The first-order chi connectivity index (χ1) is 8.77. The van der Waals surface area contributed by atoms with Gasteiger partial charge in [0.15, 0.2) is 0 Å². The molecule has 112 valence electrons. The molecule has 0 aromatic carbocycles. The van der Waals surface area contributed by atoms with Gasteiger partial charge in [-0.1, -0.05) is 41.5 Å². The number of likely N-dealkylation sites (tertiary alicyclic amines) is 1. The Morgan fingerprint density at radius 2 is 1.50 bits per heavy atom. The maximum absolute atomic E-state index is 2.68. The maximum atomic E-state index is 2.68.